The molecule has 0 fully saturated rings. The second-order valence-electron chi connectivity index (χ2n) is 5.47. The Kier molecular flexibility index (Phi) is 4.83. The SMILES string of the molecule is [B]C(P)c1ccccc1CN(C)c1nc(N)nc2cc(C=O)sc12. The van der Waals surface area contributed by atoms with Crippen molar-refractivity contribution in [3.8, 4) is 0 Å². The van der Waals surface area contributed by atoms with Crippen LogP contribution in [-0.4, -0.2) is 31.1 Å². The Bertz CT molecular complexity index is 899. The summed E-state index contributed by atoms with van der Waals surface area (Å²) in [6.45, 7) is 0.623. The Morgan fingerprint density at radius 1 is 1.42 bits per heavy atom. The molecule has 0 saturated carbocycles. The zero-order chi connectivity index (χ0) is 17.3. The molecule has 2 atom stereocenters. The number of hydrogen-bond donors (Lipinski definition) is 1. The van der Waals surface area contributed by atoms with Crippen molar-refractivity contribution in [2.45, 2.75) is 12.1 Å². The molecule has 0 spiro atoms. The lowest BCUT2D eigenvalue weighted by molar-refractivity contribution is 0.112. The smallest absolute Gasteiger partial charge is 0.222 e. The van der Waals surface area contributed by atoms with E-state index in [-0.39, 0.29) is 11.5 Å². The predicted octanol–water partition coefficient (Wildman–Crippen LogP) is 2.76. The van der Waals surface area contributed by atoms with E-state index in [9.17, 15) is 4.79 Å². The van der Waals surface area contributed by atoms with Gasteiger partial charge in [0, 0.05) is 13.6 Å². The number of thiophene rings is 1. The van der Waals surface area contributed by atoms with Crippen molar-refractivity contribution in [3.63, 3.8) is 0 Å². The molecule has 8 heteroatoms. The number of carbonyl (C=O) groups excluding carboxylic acids is 1. The predicted molar refractivity (Wildman–Crippen MR) is 104 cm³/mol. The van der Waals surface area contributed by atoms with Gasteiger partial charge in [0.1, 0.15) is 0 Å². The van der Waals surface area contributed by atoms with Gasteiger partial charge >= 0.3 is 0 Å². The van der Waals surface area contributed by atoms with Gasteiger partial charge in [-0.3, -0.25) is 4.79 Å². The summed E-state index contributed by atoms with van der Waals surface area (Å²) >= 11 is 1.36. The van der Waals surface area contributed by atoms with Crippen molar-refractivity contribution in [2.24, 2.45) is 0 Å². The first kappa shape index (κ1) is 16.9. The molecule has 2 aromatic heterocycles. The van der Waals surface area contributed by atoms with E-state index in [1.807, 2.05) is 36.2 Å². The van der Waals surface area contributed by atoms with Crippen LogP contribution in [0.4, 0.5) is 11.8 Å². The Hall–Kier alpha value is -1.98. The number of aromatic nitrogens is 2. The van der Waals surface area contributed by atoms with E-state index in [1.165, 1.54) is 11.3 Å². The van der Waals surface area contributed by atoms with Crippen LogP contribution in [0, 0.1) is 0 Å². The van der Waals surface area contributed by atoms with Crippen LogP contribution >= 0.6 is 20.6 Å². The molecule has 0 aliphatic heterocycles. The van der Waals surface area contributed by atoms with Crippen LogP contribution in [0.2, 0.25) is 0 Å². The number of aldehydes is 1. The van der Waals surface area contributed by atoms with Gasteiger partial charge in [0.2, 0.25) is 5.95 Å². The molecule has 5 nitrogen and oxygen atoms in total. The number of nitrogen functional groups attached to an aromatic ring is 1. The summed E-state index contributed by atoms with van der Waals surface area (Å²) in [4.78, 5) is 22.2. The first-order valence-electron chi connectivity index (χ1n) is 7.32. The lowest BCUT2D eigenvalue weighted by Gasteiger charge is -2.22. The van der Waals surface area contributed by atoms with Crippen LogP contribution in [0.1, 0.15) is 26.4 Å². The molecular weight excluding hydrogens is 338 g/mol. The molecule has 1 aromatic carbocycles. The maximum Gasteiger partial charge on any atom is 0.222 e. The van der Waals surface area contributed by atoms with E-state index in [0.29, 0.717) is 22.8 Å². The maximum absolute atomic E-state index is 11.1. The first-order valence-corrected chi connectivity index (χ1v) is 8.80. The van der Waals surface area contributed by atoms with Crippen LogP contribution in [0.25, 0.3) is 10.2 Å². The number of fused-ring (bicyclic) bond motifs is 1. The van der Waals surface area contributed by atoms with E-state index >= 15 is 0 Å². The van der Waals surface area contributed by atoms with Gasteiger partial charge in [0.05, 0.1) is 22.9 Å². The third-order valence-corrected chi connectivity index (χ3v) is 5.09. The number of anilines is 2. The van der Waals surface area contributed by atoms with Gasteiger partial charge in [0.15, 0.2) is 12.1 Å². The minimum Gasteiger partial charge on any atom is -0.368 e. The first-order chi connectivity index (χ1) is 11.5. The summed E-state index contributed by atoms with van der Waals surface area (Å²) < 4.78 is 0.849. The number of hydrogen-bond acceptors (Lipinski definition) is 6. The fourth-order valence-electron chi connectivity index (χ4n) is 2.60. The minimum atomic E-state index is -0.131. The third-order valence-electron chi connectivity index (χ3n) is 3.69. The highest BCUT2D eigenvalue weighted by atomic mass is 32.1. The van der Waals surface area contributed by atoms with E-state index in [0.717, 1.165) is 22.1 Å². The van der Waals surface area contributed by atoms with Crippen LogP contribution < -0.4 is 10.6 Å². The number of benzene rings is 1. The van der Waals surface area contributed by atoms with Crippen molar-refractivity contribution < 1.29 is 4.79 Å². The fraction of sp³-hybridized carbons (Fsp3) is 0.188. The summed E-state index contributed by atoms with van der Waals surface area (Å²) in [6.07, 6.45) is 0.814. The van der Waals surface area contributed by atoms with Gasteiger partial charge in [-0.2, -0.15) is 4.98 Å². The van der Waals surface area contributed by atoms with Gasteiger partial charge < -0.3 is 10.6 Å². The normalized spacial score (nSPS) is 12.2. The molecule has 24 heavy (non-hydrogen) atoms. The summed E-state index contributed by atoms with van der Waals surface area (Å²) in [5.74, 6) is 0.901. The minimum absolute atomic E-state index is 0.131. The molecule has 0 aliphatic carbocycles. The number of rotatable bonds is 5. The summed E-state index contributed by atoms with van der Waals surface area (Å²) in [5, 5.41) is 0. The topological polar surface area (TPSA) is 72.1 Å². The summed E-state index contributed by atoms with van der Waals surface area (Å²) in [7, 11) is 10.6. The van der Waals surface area contributed by atoms with Gasteiger partial charge in [0.25, 0.3) is 0 Å². The van der Waals surface area contributed by atoms with Crippen LogP contribution in [0.15, 0.2) is 30.3 Å². The largest absolute Gasteiger partial charge is 0.368 e. The van der Waals surface area contributed by atoms with Crippen LogP contribution in [0.3, 0.4) is 0 Å². The molecule has 2 radical (unpaired) electrons. The van der Waals surface area contributed by atoms with E-state index in [2.05, 4.69) is 19.2 Å². The van der Waals surface area contributed by atoms with Crippen molar-refractivity contribution in [3.05, 3.63) is 46.3 Å². The Balaban J connectivity index is 2.01. The molecule has 3 rings (SSSR count). The molecule has 0 aliphatic rings. The lowest BCUT2D eigenvalue weighted by Crippen LogP contribution is -2.19. The van der Waals surface area contributed by atoms with E-state index in [1.54, 1.807) is 6.07 Å². The molecule has 0 saturated heterocycles. The highest BCUT2D eigenvalue weighted by Crippen LogP contribution is 2.33. The van der Waals surface area contributed by atoms with Crippen molar-refractivity contribution in [1.29, 1.82) is 0 Å². The highest BCUT2D eigenvalue weighted by molar-refractivity contribution is 7.21. The van der Waals surface area contributed by atoms with Gasteiger partial charge in [-0.05, 0) is 22.8 Å². The molecule has 0 bridgehead atoms. The molecular formula is C16H16BN4OPS. The molecule has 2 N–H and O–H groups in total. The summed E-state index contributed by atoms with van der Waals surface area (Å²) in [5.41, 5.74) is 8.56. The Labute approximate surface area is 147 Å². The number of carbonyl (C=O) groups is 1. The van der Waals surface area contributed by atoms with Crippen LogP contribution in [-0.2, 0) is 6.54 Å². The average molecular weight is 354 g/mol. The van der Waals surface area contributed by atoms with Crippen molar-refractivity contribution in [2.75, 3.05) is 17.7 Å². The standard InChI is InChI=1S/C16H16BN4OPS/c1-21(7-9-4-2-3-5-11(9)14(17)23)15-13-12(19-16(18)20-15)6-10(8-22)24-13/h2-6,8,14H,7,23H2,1H3,(H2,18,19,20). The van der Waals surface area contributed by atoms with Gasteiger partial charge in [-0.15, -0.1) is 20.6 Å². The molecule has 0 amide bonds. The molecule has 3 aromatic rings. The van der Waals surface area contributed by atoms with Gasteiger partial charge in [-0.25, -0.2) is 4.98 Å². The zero-order valence-corrected chi connectivity index (χ0v) is 15.1. The maximum atomic E-state index is 11.1. The Morgan fingerprint density at radius 2 is 2.17 bits per heavy atom. The molecule has 2 heterocycles. The quantitative estimate of drug-likeness (QED) is 0.433. The zero-order valence-electron chi connectivity index (χ0n) is 13.1. The fourth-order valence-corrected chi connectivity index (χ4v) is 3.88. The number of nitrogens with zero attached hydrogens (tertiary/aromatic N) is 3. The second kappa shape index (κ2) is 6.87. The molecule has 2 unspecified atom stereocenters. The second-order valence-corrected chi connectivity index (χ2v) is 7.27. The number of nitrogens with two attached hydrogens (primary N) is 1. The highest BCUT2D eigenvalue weighted by Gasteiger charge is 2.16. The van der Waals surface area contributed by atoms with E-state index < -0.39 is 0 Å². The average Bonchev–Trinajstić information content (AvgIpc) is 2.97. The Morgan fingerprint density at radius 3 is 2.88 bits per heavy atom. The van der Waals surface area contributed by atoms with Crippen molar-refractivity contribution in [1.82, 2.24) is 9.97 Å². The lowest BCUT2D eigenvalue weighted by atomic mass is 9.92. The monoisotopic (exact) mass is 354 g/mol. The van der Waals surface area contributed by atoms with Crippen LogP contribution in [0.5, 0.6) is 0 Å². The van der Waals surface area contributed by atoms with Crippen molar-refractivity contribution >= 4 is 56.7 Å². The third kappa shape index (κ3) is 3.28. The van der Waals surface area contributed by atoms with E-state index in [4.69, 9.17) is 13.6 Å². The summed E-state index contributed by atoms with van der Waals surface area (Å²) in [6, 6.07) is 9.75. The molecule has 120 valence electrons. The van der Waals surface area contributed by atoms with Gasteiger partial charge in [-0.1, -0.05) is 24.3 Å².